The Bertz CT molecular complexity index is 945. The summed E-state index contributed by atoms with van der Waals surface area (Å²) in [5.41, 5.74) is 4.63. The zero-order chi connectivity index (χ0) is 18.9. The second-order valence-electron chi connectivity index (χ2n) is 9.77. The van der Waals surface area contributed by atoms with Crippen LogP contribution in [0, 0.1) is 24.7 Å². The number of nitrogens with zero attached hydrogens (tertiary/aromatic N) is 1. The van der Waals surface area contributed by atoms with E-state index in [1.54, 1.807) is 0 Å². The molecular formula is C22H29ClN2O. The number of rotatable bonds is 2. The predicted octanol–water partition coefficient (Wildman–Crippen LogP) is 5.20. The van der Waals surface area contributed by atoms with Crippen LogP contribution in [0.2, 0.25) is 5.02 Å². The molecule has 4 rings (SSSR count). The Balaban J connectivity index is 1.73. The van der Waals surface area contributed by atoms with Gasteiger partial charge in [-0.25, -0.2) is 0 Å². The molecule has 0 amide bonds. The molecule has 140 valence electrons. The molecule has 2 fully saturated rings. The van der Waals surface area contributed by atoms with Crippen LogP contribution < -0.4 is 5.43 Å². The second kappa shape index (κ2) is 5.84. The molecule has 0 spiro atoms. The summed E-state index contributed by atoms with van der Waals surface area (Å²) in [4.78, 5) is 19.2. The maximum Gasteiger partial charge on any atom is 0.194 e. The van der Waals surface area contributed by atoms with Gasteiger partial charge in [0.2, 0.25) is 0 Å². The third-order valence-corrected chi connectivity index (χ3v) is 6.98. The molecule has 1 aromatic carbocycles. The highest BCUT2D eigenvalue weighted by Crippen LogP contribution is 2.52. The van der Waals surface area contributed by atoms with Crippen LogP contribution in [0.15, 0.2) is 16.9 Å². The molecule has 1 saturated heterocycles. The number of aromatic nitrogens is 1. The van der Waals surface area contributed by atoms with Crippen molar-refractivity contribution < 1.29 is 0 Å². The minimum Gasteiger partial charge on any atom is -0.358 e. The lowest BCUT2D eigenvalue weighted by Crippen LogP contribution is -2.35. The van der Waals surface area contributed by atoms with Crippen molar-refractivity contribution in [2.24, 2.45) is 10.8 Å². The molecule has 2 aliphatic rings. The third kappa shape index (κ3) is 2.90. The van der Waals surface area contributed by atoms with Gasteiger partial charge in [-0.1, -0.05) is 32.4 Å². The molecule has 1 aliphatic carbocycles. The van der Waals surface area contributed by atoms with Crippen LogP contribution in [0.25, 0.3) is 10.9 Å². The zero-order valence-corrected chi connectivity index (χ0v) is 17.3. The number of halogens is 1. The highest BCUT2D eigenvalue weighted by Gasteiger charge is 2.49. The van der Waals surface area contributed by atoms with Crippen molar-refractivity contribution >= 4 is 22.5 Å². The van der Waals surface area contributed by atoms with E-state index < -0.39 is 0 Å². The normalized spacial score (nSPS) is 28.0. The van der Waals surface area contributed by atoms with E-state index in [4.69, 9.17) is 11.6 Å². The average molecular weight is 373 g/mol. The number of likely N-dealkylation sites (tertiary alicyclic amines) is 1. The maximum atomic E-state index is 13.2. The van der Waals surface area contributed by atoms with Crippen LogP contribution in [0.3, 0.4) is 0 Å². The molecule has 1 aromatic heterocycles. The Morgan fingerprint density at radius 2 is 1.96 bits per heavy atom. The minimum atomic E-state index is 0.155. The van der Waals surface area contributed by atoms with Crippen molar-refractivity contribution in [1.82, 2.24) is 9.88 Å². The fraction of sp³-hybridized carbons (Fsp3) is 0.591. The molecule has 2 atom stereocenters. The van der Waals surface area contributed by atoms with Gasteiger partial charge in [-0.2, -0.15) is 0 Å². The molecule has 0 unspecified atom stereocenters. The van der Waals surface area contributed by atoms with Crippen molar-refractivity contribution in [3.63, 3.8) is 0 Å². The Morgan fingerprint density at radius 3 is 2.69 bits per heavy atom. The molecule has 1 saturated carbocycles. The number of H-pyrrole nitrogens is 1. The van der Waals surface area contributed by atoms with Crippen molar-refractivity contribution in [2.45, 2.75) is 66.5 Å². The number of nitrogens with one attached hydrogen (secondary N) is 1. The molecule has 0 radical (unpaired) electrons. The number of pyridine rings is 1. The van der Waals surface area contributed by atoms with E-state index in [9.17, 15) is 4.79 Å². The number of fused-ring (bicyclic) bond motifs is 3. The highest BCUT2D eigenvalue weighted by molar-refractivity contribution is 6.32. The first-order valence-corrected chi connectivity index (χ1v) is 10.0. The van der Waals surface area contributed by atoms with Crippen LogP contribution in [0.1, 0.15) is 56.9 Å². The number of aryl methyl sites for hydroxylation is 2. The maximum absolute atomic E-state index is 13.2. The largest absolute Gasteiger partial charge is 0.358 e. The summed E-state index contributed by atoms with van der Waals surface area (Å²) in [7, 11) is 0. The molecule has 2 bridgehead atoms. The molecule has 2 heterocycles. The lowest BCUT2D eigenvalue weighted by atomic mass is 9.65. The van der Waals surface area contributed by atoms with Crippen LogP contribution in [-0.4, -0.2) is 22.5 Å². The average Bonchev–Trinajstić information content (AvgIpc) is 2.76. The van der Waals surface area contributed by atoms with Crippen molar-refractivity contribution in [3.05, 3.63) is 44.2 Å². The van der Waals surface area contributed by atoms with E-state index in [-0.39, 0.29) is 5.43 Å². The van der Waals surface area contributed by atoms with E-state index in [1.165, 1.54) is 19.3 Å². The first kappa shape index (κ1) is 18.1. The van der Waals surface area contributed by atoms with Gasteiger partial charge in [0.1, 0.15) is 0 Å². The summed E-state index contributed by atoms with van der Waals surface area (Å²) < 4.78 is 0. The molecule has 26 heavy (non-hydrogen) atoms. The van der Waals surface area contributed by atoms with E-state index in [2.05, 4.69) is 30.7 Å². The summed E-state index contributed by atoms with van der Waals surface area (Å²) in [5, 5.41) is 1.45. The second-order valence-corrected chi connectivity index (χ2v) is 10.2. The fourth-order valence-corrected chi connectivity index (χ4v) is 5.94. The van der Waals surface area contributed by atoms with Gasteiger partial charge in [-0.05, 0) is 61.6 Å². The van der Waals surface area contributed by atoms with Gasteiger partial charge >= 0.3 is 0 Å². The Hall–Kier alpha value is -1.32. The summed E-state index contributed by atoms with van der Waals surface area (Å²) in [5.74, 6) is 0. The monoisotopic (exact) mass is 372 g/mol. The van der Waals surface area contributed by atoms with Gasteiger partial charge < -0.3 is 4.98 Å². The van der Waals surface area contributed by atoms with Crippen molar-refractivity contribution in [3.8, 4) is 0 Å². The SMILES string of the molecule is Cc1[nH]c2c(C)c(Cl)ccc2c(=O)c1CN1C[C@@]2(C)C[C@H]1CC(C)(C)C2. The summed E-state index contributed by atoms with van der Waals surface area (Å²) in [6.07, 6.45) is 3.76. The lowest BCUT2D eigenvalue weighted by Gasteiger charge is -2.40. The van der Waals surface area contributed by atoms with Crippen LogP contribution >= 0.6 is 11.6 Å². The molecule has 1 aliphatic heterocycles. The molecule has 4 heteroatoms. The van der Waals surface area contributed by atoms with Crippen LogP contribution in [-0.2, 0) is 6.54 Å². The fourth-order valence-electron chi connectivity index (χ4n) is 5.79. The number of hydrogen-bond acceptors (Lipinski definition) is 2. The third-order valence-electron chi connectivity index (χ3n) is 6.57. The minimum absolute atomic E-state index is 0.155. The summed E-state index contributed by atoms with van der Waals surface area (Å²) >= 11 is 6.24. The molecule has 2 aromatic rings. The van der Waals surface area contributed by atoms with E-state index in [0.29, 0.717) is 21.9 Å². The Kier molecular flexibility index (Phi) is 4.06. The topological polar surface area (TPSA) is 36.1 Å². The van der Waals surface area contributed by atoms with Crippen molar-refractivity contribution in [2.75, 3.05) is 6.54 Å². The molecular weight excluding hydrogens is 344 g/mol. The standard InChI is InChI=1S/C22H29ClN2O/c1-13-18(23)7-6-16-19(13)24-14(2)17(20(16)26)10-25-12-22(5)9-15(25)8-21(3,4)11-22/h6-7,15H,8-12H2,1-5H3,(H,24,26)/t15-,22+/m1/s1. The highest BCUT2D eigenvalue weighted by atomic mass is 35.5. The number of benzene rings is 1. The predicted molar refractivity (Wildman–Crippen MR) is 109 cm³/mol. The van der Waals surface area contributed by atoms with E-state index in [0.717, 1.165) is 40.8 Å². The quantitative estimate of drug-likeness (QED) is 0.786. The Labute approximate surface area is 160 Å². The Morgan fingerprint density at radius 1 is 1.23 bits per heavy atom. The number of hydrogen-bond donors (Lipinski definition) is 1. The van der Waals surface area contributed by atoms with Gasteiger partial charge in [0.25, 0.3) is 0 Å². The van der Waals surface area contributed by atoms with Gasteiger partial charge in [-0.3, -0.25) is 9.69 Å². The summed E-state index contributed by atoms with van der Waals surface area (Å²) in [6.45, 7) is 13.0. The number of aromatic amines is 1. The van der Waals surface area contributed by atoms with Gasteiger partial charge in [0, 0.05) is 40.8 Å². The molecule has 3 nitrogen and oxygen atoms in total. The first-order valence-electron chi connectivity index (χ1n) is 9.63. The zero-order valence-electron chi connectivity index (χ0n) is 16.5. The van der Waals surface area contributed by atoms with Crippen molar-refractivity contribution in [1.29, 1.82) is 0 Å². The van der Waals surface area contributed by atoms with E-state index >= 15 is 0 Å². The lowest BCUT2D eigenvalue weighted by molar-refractivity contribution is 0.126. The van der Waals surface area contributed by atoms with Crippen LogP contribution in [0.5, 0.6) is 0 Å². The van der Waals surface area contributed by atoms with Gasteiger partial charge in [0.15, 0.2) is 5.43 Å². The first-order chi connectivity index (χ1) is 12.1. The van der Waals surface area contributed by atoms with Crippen LogP contribution in [0.4, 0.5) is 0 Å². The molecule has 1 N–H and O–H groups in total. The van der Waals surface area contributed by atoms with Gasteiger partial charge in [0.05, 0.1) is 5.52 Å². The summed E-state index contributed by atoms with van der Waals surface area (Å²) in [6, 6.07) is 4.28. The van der Waals surface area contributed by atoms with Gasteiger partial charge in [-0.15, -0.1) is 0 Å². The smallest absolute Gasteiger partial charge is 0.194 e. The van der Waals surface area contributed by atoms with E-state index in [1.807, 2.05) is 26.0 Å².